The lowest BCUT2D eigenvalue weighted by molar-refractivity contribution is -0.141. The van der Waals surface area contributed by atoms with Gasteiger partial charge in [-0.25, -0.2) is 9.59 Å². The maximum Gasteiger partial charge on any atom is 0.408 e. The number of amides is 7. The third-order valence-corrected chi connectivity index (χ3v) is 9.66. The van der Waals surface area contributed by atoms with Gasteiger partial charge in [0.15, 0.2) is 0 Å². The molecule has 1 heterocycles. The van der Waals surface area contributed by atoms with E-state index < -0.39 is 71.9 Å². The first kappa shape index (κ1) is 46.8. The number of aryl methyl sites for hydroxylation is 1. The maximum absolute atomic E-state index is 14.2. The number of hydrogen-bond acceptors (Lipinski definition) is 8. The zero-order valence-electron chi connectivity index (χ0n) is 35.1. The van der Waals surface area contributed by atoms with Crippen molar-refractivity contribution in [3.05, 3.63) is 102 Å². The van der Waals surface area contributed by atoms with E-state index in [2.05, 4.69) is 31.6 Å². The quantitative estimate of drug-likeness (QED) is 0.0600. The van der Waals surface area contributed by atoms with E-state index in [1.165, 1.54) is 4.90 Å². The predicted molar refractivity (Wildman–Crippen MR) is 229 cm³/mol. The van der Waals surface area contributed by atoms with E-state index in [1.54, 1.807) is 70.4 Å². The summed E-state index contributed by atoms with van der Waals surface area (Å²) in [4.78, 5) is 96.8. The van der Waals surface area contributed by atoms with Gasteiger partial charge in [0.25, 0.3) is 0 Å². The number of carboxylic acid groups (broad SMARTS) is 1. The number of unbranched alkanes of at least 4 members (excludes halogenated alkanes) is 1. The molecule has 4 atom stereocenters. The number of anilines is 1. The number of alkyl carbamates (subject to hydrolysis) is 1. The fourth-order valence-corrected chi connectivity index (χ4v) is 6.44. The first-order valence-electron chi connectivity index (χ1n) is 20.0. The highest BCUT2D eigenvalue weighted by molar-refractivity contribution is 5.97. The maximum atomic E-state index is 14.2. The van der Waals surface area contributed by atoms with Gasteiger partial charge in [0, 0.05) is 49.2 Å². The number of carbonyl (C=O) groups excluding carboxylic acids is 6. The summed E-state index contributed by atoms with van der Waals surface area (Å²) < 4.78 is 5.46. The van der Waals surface area contributed by atoms with Crippen molar-refractivity contribution in [3.63, 3.8) is 0 Å². The van der Waals surface area contributed by atoms with Gasteiger partial charge < -0.3 is 52.0 Å². The number of rotatable bonds is 20. The lowest BCUT2D eigenvalue weighted by Gasteiger charge is -2.27. The smallest absolute Gasteiger partial charge is 0.408 e. The molecule has 0 saturated heterocycles. The van der Waals surface area contributed by atoms with Gasteiger partial charge in [-0.1, -0.05) is 66.7 Å². The van der Waals surface area contributed by atoms with Crippen LogP contribution in [0, 0.1) is 6.92 Å². The van der Waals surface area contributed by atoms with Crippen molar-refractivity contribution in [1.29, 1.82) is 0 Å². The Morgan fingerprint density at radius 2 is 1.36 bits per heavy atom. The Bertz CT molecular complexity index is 2170. The highest BCUT2D eigenvalue weighted by Crippen LogP contribution is 2.20. The number of H-pyrrole nitrogens is 1. The van der Waals surface area contributed by atoms with Crippen LogP contribution in [0.4, 0.5) is 15.3 Å². The highest BCUT2D eigenvalue weighted by atomic mass is 16.6. The molecule has 0 aliphatic heterocycles. The third-order valence-electron chi connectivity index (χ3n) is 9.66. The lowest BCUT2D eigenvalue weighted by Crippen LogP contribution is -2.59. The van der Waals surface area contributed by atoms with Crippen LogP contribution in [0.2, 0.25) is 0 Å². The molecule has 0 aliphatic rings. The number of primary amides is 1. The second kappa shape index (κ2) is 21.9. The molecule has 0 spiro atoms. The average Bonchev–Trinajstić information content (AvgIpc) is 3.60. The fourth-order valence-electron chi connectivity index (χ4n) is 6.44. The van der Waals surface area contributed by atoms with Gasteiger partial charge in [0.1, 0.15) is 29.8 Å². The van der Waals surface area contributed by atoms with Gasteiger partial charge in [0.05, 0.1) is 6.42 Å². The van der Waals surface area contributed by atoms with Crippen molar-refractivity contribution in [1.82, 2.24) is 31.2 Å². The minimum atomic E-state index is -1.68. The summed E-state index contributed by atoms with van der Waals surface area (Å²) in [6.07, 6.45) is 0.616. The Labute approximate surface area is 354 Å². The van der Waals surface area contributed by atoms with E-state index in [0.717, 1.165) is 16.5 Å². The molecule has 7 amide bonds. The van der Waals surface area contributed by atoms with E-state index in [1.807, 2.05) is 49.4 Å². The second-order valence-corrected chi connectivity index (χ2v) is 15.8. The van der Waals surface area contributed by atoms with E-state index in [-0.39, 0.29) is 38.3 Å². The summed E-state index contributed by atoms with van der Waals surface area (Å²) in [5, 5.41) is 23.6. The lowest BCUT2D eigenvalue weighted by atomic mass is 10.0. The topological polar surface area (TPSA) is 254 Å². The van der Waals surface area contributed by atoms with Gasteiger partial charge >= 0.3 is 18.1 Å². The van der Waals surface area contributed by atoms with Crippen molar-refractivity contribution >= 4 is 58.3 Å². The van der Waals surface area contributed by atoms with Crippen molar-refractivity contribution in [2.24, 2.45) is 5.73 Å². The number of nitrogens with two attached hydrogens (primary N) is 1. The van der Waals surface area contributed by atoms with E-state index in [4.69, 9.17) is 10.5 Å². The second-order valence-electron chi connectivity index (χ2n) is 15.8. The SMILES string of the molecule is Cc1ccccc1NC(=O)N(C)CCCC[C@H](NC(=O)[C@H](Cc1c[nH]c2ccccc12)NC(=O)OC(C)(C)C)C(=O)N[C@@H](CC(=O)O)C(=O)N[C@@H](Cc1ccccc1)C(N)=O. The molecule has 0 aliphatic carbocycles. The molecule has 3 aromatic carbocycles. The number of aliphatic carboxylic acids is 1. The molecule has 0 unspecified atom stereocenters. The molecule has 4 aromatic rings. The Balaban J connectivity index is 1.56. The standard InChI is InChI=1S/C44H56N8O9/c1-27-15-9-11-19-31(27)50-42(59)52(5)22-14-13-21-33(39(56)49-36(25-37(53)54)41(58)48-34(38(45)55)23-28-16-7-6-8-17-28)47-40(57)35(51-43(60)61-44(2,3)4)24-29-26-46-32-20-12-10-18-30(29)32/h6-12,15-20,26,33-36,46H,13-14,21-25H2,1-5H3,(H2,45,55)(H,47,57)(H,48,58)(H,49,56)(H,50,59)(H,51,60)(H,53,54)/t33-,34-,35-,36-/m0/s1. The first-order chi connectivity index (χ1) is 28.9. The number of aromatic amines is 1. The number of aromatic nitrogens is 1. The molecule has 61 heavy (non-hydrogen) atoms. The van der Waals surface area contributed by atoms with Gasteiger partial charge in [-0.2, -0.15) is 0 Å². The van der Waals surface area contributed by atoms with Crippen molar-refractivity contribution in [2.75, 3.05) is 18.9 Å². The number of carboxylic acids is 1. The number of urea groups is 1. The Morgan fingerprint density at radius 3 is 2.03 bits per heavy atom. The summed E-state index contributed by atoms with van der Waals surface area (Å²) in [7, 11) is 1.61. The van der Waals surface area contributed by atoms with Gasteiger partial charge in [-0.3, -0.25) is 24.0 Å². The van der Waals surface area contributed by atoms with Crippen molar-refractivity contribution in [2.45, 2.75) is 96.0 Å². The molecule has 1 aromatic heterocycles. The van der Waals surface area contributed by atoms with Gasteiger partial charge in [0.2, 0.25) is 23.6 Å². The van der Waals surface area contributed by atoms with Gasteiger partial charge in [-0.05, 0) is 75.8 Å². The summed E-state index contributed by atoms with van der Waals surface area (Å²) >= 11 is 0. The number of carbonyl (C=O) groups is 7. The molecule has 9 N–H and O–H groups in total. The monoisotopic (exact) mass is 840 g/mol. The zero-order chi connectivity index (χ0) is 44.7. The predicted octanol–water partition coefficient (Wildman–Crippen LogP) is 3.90. The highest BCUT2D eigenvalue weighted by Gasteiger charge is 2.33. The minimum absolute atomic E-state index is 0.00816. The number of nitrogens with zero attached hydrogens (tertiary/aromatic N) is 1. The summed E-state index contributed by atoms with van der Waals surface area (Å²) in [6.45, 7) is 7.14. The van der Waals surface area contributed by atoms with Gasteiger partial charge in [-0.15, -0.1) is 0 Å². The number of nitrogens with one attached hydrogen (secondary N) is 6. The molecule has 4 rings (SSSR count). The normalized spacial score (nSPS) is 13.1. The number of ether oxygens (including phenoxy) is 1. The average molecular weight is 841 g/mol. The van der Waals surface area contributed by atoms with Crippen LogP contribution in [-0.4, -0.2) is 100 Å². The molecule has 0 saturated carbocycles. The summed E-state index contributed by atoms with van der Waals surface area (Å²) in [5.41, 5.74) is 8.40. The van der Waals surface area contributed by atoms with Crippen LogP contribution in [0.5, 0.6) is 0 Å². The molecule has 0 radical (unpaired) electrons. The van der Waals surface area contributed by atoms with Crippen LogP contribution in [0.1, 0.15) is 63.1 Å². The largest absolute Gasteiger partial charge is 0.481 e. The Morgan fingerprint density at radius 1 is 0.754 bits per heavy atom. The molecule has 0 bridgehead atoms. The summed E-state index contributed by atoms with van der Waals surface area (Å²) in [6, 6.07) is 17.5. The van der Waals surface area contributed by atoms with Crippen LogP contribution in [0.15, 0.2) is 85.1 Å². The van der Waals surface area contributed by atoms with Crippen LogP contribution < -0.4 is 32.3 Å². The number of fused-ring (bicyclic) bond motifs is 1. The van der Waals surface area contributed by atoms with E-state index in [9.17, 15) is 38.7 Å². The van der Waals surface area contributed by atoms with Crippen LogP contribution >= 0.6 is 0 Å². The molecule has 0 fully saturated rings. The van der Waals surface area contributed by atoms with E-state index in [0.29, 0.717) is 23.2 Å². The number of hydrogen-bond donors (Lipinski definition) is 8. The van der Waals surface area contributed by atoms with Crippen LogP contribution in [0.3, 0.4) is 0 Å². The zero-order valence-corrected chi connectivity index (χ0v) is 35.1. The minimum Gasteiger partial charge on any atom is -0.481 e. The first-order valence-corrected chi connectivity index (χ1v) is 20.0. The molecule has 17 heteroatoms. The van der Waals surface area contributed by atoms with Crippen molar-refractivity contribution in [3.8, 4) is 0 Å². The summed E-state index contributed by atoms with van der Waals surface area (Å²) in [5.74, 6) is -4.94. The number of para-hydroxylation sites is 2. The van der Waals surface area contributed by atoms with Crippen molar-refractivity contribution < 1.29 is 43.4 Å². The molecular weight excluding hydrogens is 785 g/mol. The Kier molecular flexibility index (Phi) is 16.8. The fraction of sp³-hybridized carbons (Fsp3) is 0.386. The molecule has 326 valence electrons. The third kappa shape index (κ3) is 15.0. The molecule has 17 nitrogen and oxygen atoms in total. The van der Waals surface area contributed by atoms with E-state index >= 15 is 0 Å². The molecular formula is C44H56N8O9. The number of benzene rings is 3. The Hall–Kier alpha value is -6.91. The van der Waals surface area contributed by atoms with Crippen LogP contribution in [-0.2, 0) is 41.6 Å². The van der Waals surface area contributed by atoms with Crippen LogP contribution in [0.25, 0.3) is 10.9 Å².